The van der Waals surface area contributed by atoms with Crippen LogP contribution in [0.3, 0.4) is 0 Å². The standard InChI is InChI=1S/C11H15ClN4O3/c1-19-5-4-11(2-3-11)6-13-10-8(16(17)18)9(12)14-7-15-10/h7H,2-6H2,1H3,(H,13,14,15). The molecule has 1 aliphatic carbocycles. The van der Waals surface area contributed by atoms with Crippen molar-refractivity contribution in [3.05, 3.63) is 21.6 Å². The number of nitrogens with zero attached hydrogens (tertiary/aromatic N) is 3. The summed E-state index contributed by atoms with van der Waals surface area (Å²) in [5, 5.41) is 13.8. The van der Waals surface area contributed by atoms with Crippen LogP contribution in [0.1, 0.15) is 19.3 Å². The van der Waals surface area contributed by atoms with Crippen molar-refractivity contribution < 1.29 is 9.66 Å². The SMILES string of the molecule is COCCC1(CNc2ncnc(Cl)c2[N+](=O)[O-])CC1. The van der Waals surface area contributed by atoms with Crippen molar-refractivity contribution in [1.29, 1.82) is 0 Å². The number of aromatic nitrogens is 2. The summed E-state index contributed by atoms with van der Waals surface area (Å²) in [6.07, 6.45) is 4.33. The zero-order valence-electron chi connectivity index (χ0n) is 10.6. The number of hydrogen-bond donors (Lipinski definition) is 1. The minimum Gasteiger partial charge on any atom is -0.385 e. The lowest BCUT2D eigenvalue weighted by Gasteiger charge is -2.15. The Bertz CT molecular complexity index is 479. The Morgan fingerprint density at radius 3 is 2.89 bits per heavy atom. The number of rotatable bonds is 7. The molecule has 1 aromatic heterocycles. The number of methoxy groups -OCH3 is 1. The van der Waals surface area contributed by atoms with E-state index >= 15 is 0 Å². The van der Waals surface area contributed by atoms with Crippen molar-refractivity contribution in [2.45, 2.75) is 19.3 Å². The lowest BCUT2D eigenvalue weighted by molar-refractivity contribution is -0.384. The molecular formula is C11H15ClN4O3. The van der Waals surface area contributed by atoms with Crippen LogP contribution in [0, 0.1) is 15.5 Å². The highest BCUT2D eigenvalue weighted by Crippen LogP contribution is 2.49. The number of hydrogen-bond acceptors (Lipinski definition) is 6. The third-order valence-corrected chi connectivity index (χ3v) is 3.66. The van der Waals surface area contributed by atoms with Crippen LogP contribution in [0.4, 0.5) is 11.5 Å². The van der Waals surface area contributed by atoms with E-state index < -0.39 is 4.92 Å². The molecule has 19 heavy (non-hydrogen) atoms. The highest BCUT2D eigenvalue weighted by molar-refractivity contribution is 6.31. The van der Waals surface area contributed by atoms with Gasteiger partial charge < -0.3 is 10.1 Å². The van der Waals surface area contributed by atoms with E-state index in [-0.39, 0.29) is 22.1 Å². The van der Waals surface area contributed by atoms with Gasteiger partial charge in [0.05, 0.1) is 4.92 Å². The van der Waals surface area contributed by atoms with E-state index in [0.29, 0.717) is 13.2 Å². The summed E-state index contributed by atoms with van der Waals surface area (Å²) in [6.45, 7) is 1.32. The highest BCUT2D eigenvalue weighted by Gasteiger charge is 2.42. The molecule has 1 aliphatic rings. The fourth-order valence-corrected chi connectivity index (χ4v) is 2.13. The minimum atomic E-state index is -0.570. The molecule has 8 heteroatoms. The maximum Gasteiger partial charge on any atom is 0.348 e. The number of anilines is 1. The Kier molecular flexibility index (Phi) is 4.16. The van der Waals surface area contributed by atoms with Gasteiger partial charge in [-0.05, 0) is 24.7 Å². The molecule has 0 amide bonds. The van der Waals surface area contributed by atoms with Gasteiger partial charge in [-0.15, -0.1) is 0 Å². The largest absolute Gasteiger partial charge is 0.385 e. The average Bonchev–Trinajstić information content (AvgIpc) is 3.14. The second-order valence-electron chi connectivity index (χ2n) is 4.72. The summed E-state index contributed by atoms with van der Waals surface area (Å²) in [5.74, 6) is 0.175. The maximum absolute atomic E-state index is 10.9. The first-order valence-electron chi connectivity index (χ1n) is 5.96. The summed E-state index contributed by atoms with van der Waals surface area (Å²) >= 11 is 5.72. The normalized spacial score (nSPS) is 16.1. The molecule has 0 radical (unpaired) electrons. The fourth-order valence-electron chi connectivity index (χ4n) is 1.93. The van der Waals surface area contributed by atoms with Crippen LogP contribution in [0.5, 0.6) is 0 Å². The maximum atomic E-state index is 10.9. The van der Waals surface area contributed by atoms with Crippen molar-refractivity contribution in [1.82, 2.24) is 9.97 Å². The van der Waals surface area contributed by atoms with E-state index in [1.807, 2.05) is 0 Å². The molecule has 0 unspecified atom stereocenters. The topological polar surface area (TPSA) is 90.2 Å². The number of halogens is 1. The molecule has 1 heterocycles. The summed E-state index contributed by atoms with van der Waals surface area (Å²) in [4.78, 5) is 17.9. The van der Waals surface area contributed by atoms with Crippen LogP contribution in [0.25, 0.3) is 0 Å². The molecule has 1 N–H and O–H groups in total. The van der Waals surface area contributed by atoms with E-state index in [0.717, 1.165) is 19.3 Å². The molecule has 1 aromatic rings. The van der Waals surface area contributed by atoms with Crippen molar-refractivity contribution in [3.8, 4) is 0 Å². The predicted octanol–water partition coefficient (Wildman–Crippen LogP) is 2.27. The summed E-state index contributed by atoms with van der Waals surface area (Å²) in [6, 6.07) is 0. The Labute approximate surface area is 115 Å². The van der Waals surface area contributed by atoms with E-state index in [4.69, 9.17) is 16.3 Å². The Hall–Kier alpha value is -1.47. The van der Waals surface area contributed by atoms with Crippen LogP contribution in [-0.4, -0.2) is 35.2 Å². The lowest BCUT2D eigenvalue weighted by atomic mass is 10.0. The molecule has 0 aromatic carbocycles. The summed E-state index contributed by atoms with van der Waals surface area (Å²) in [5.41, 5.74) is -0.104. The second-order valence-corrected chi connectivity index (χ2v) is 5.07. The quantitative estimate of drug-likeness (QED) is 0.470. The second kappa shape index (κ2) is 5.66. The van der Waals surface area contributed by atoms with Gasteiger partial charge in [-0.3, -0.25) is 10.1 Å². The Balaban J connectivity index is 2.04. The van der Waals surface area contributed by atoms with Crippen molar-refractivity contribution in [3.63, 3.8) is 0 Å². The number of ether oxygens (including phenoxy) is 1. The molecule has 1 fully saturated rings. The van der Waals surface area contributed by atoms with Gasteiger partial charge in [0.15, 0.2) is 0 Å². The van der Waals surface area contributed by atoms with Gasteiger partial charge in [0, 0.05) is 20.3 Å². The molecule has 2 rings (SSSR count). The molecule has 0 bridgehead atoms. The van der Waals surface area contributed by atoms with Gasteiger partial charge in [-0.2, -0.15) is 0 Å². The van der Waals surface area contributed by atoms with Gasteiger partial charge in [-0.1, -0.05) is 11.6 Å². The minimum absolute atomic E-state index is 0.149. The molecule has 0 spiro atoms. The van der Waals surface area contributed by atoms with E-state index in [1.54, 1.807) is 7.11 Å². The van der Waals surface area contributed by atoms with E-state index in [1.165, 1.54) is 6.33 Å². The smallest absolute Gasteiger partial charge is 0.348 e. The van der Waals surface area contributed by atoms with Crippen LogP contribution < -0.4 is 5.32 Å². The first-order valence-corrected chi connectivity index (χ1v) is 6.33. The zero-order valence-corrected chi connectivity index (χ0v) is 11.3. The summed E-state index contributed by atoms with van der Waals surface area (Å²) < 4.78 is 5.07. The molecule has 0 atom stereocenters. The van der Waals surface area contributed by atoms with Crippen LogP contribution in [-0.2, 0) is 4.74 Å². The van der Waals surface area contributed by atoms with E-state index in [9.17, 15) is 10.1 Å². The van der Waals surface area contributed by atoms with Crippen LogP contribution in [0.2, 0.25) is 5.15 Å². The molecule has 7 nitrogen and oxygen atoms in total. The molecule has 104 valence electrons. The first kappa shape index (κ1) is 14.0. The molecule has 0 saturated heterocycles. The van der Waals surface area contributed by atoms with Gasteiger partial charge in [0.25, 0.3) is 0 Å². The van der Waals surface area contributed by atoms with Crippen LogP contribution >= 0.6 is 11.6 Å². The summed E-state index contributed by atoms with van der Waals surface area (Å²) in [7, 11) is 1.67. The predicted molar refractivity (Wildman–Crippen MR) is 70.3 cm³/mol. The van der Waals surface area contributed by atoms with Gasteiger partial charge in [-0.25, -0.2) is 9.97 Å². The monoisotopic (exact) mass is 286 g/mol. The van der Waals surface area contributed by atoms with Crippen molar-refractivity contribution >= 4 is 23.1 Å². The lowest BCUT2D eigenvalue weighted by Crippen LogP contribution is -2.18. The van der Waals surface area contributed by atoms with Crippen molar-refractivity contribution in [2.75, 3.05) is 25.6 Å². The fraction of sp³-hybridized carbons (Fsp3) is 0.636. The third-order valence-electron chi connectivity index (χ3n) is 3.38. The number of nitro groups is 1. The van der Waals surface area contributed by atoms with Gasteiger partial charge in [0.1, 0.15) is 6.33 Å². The third kappa shape index (κ3) is 3.30. The van der Waals surface area contributed by atoms with E-state index in [2.05, 4.69) is 15.3 Å². The zero-order chi connectivity index (χ0) is 13.9. The first-order chi connectivity index (χ1) is 9.08. The van der Waals surface area contributed by atoms with Crippen molar-refractivity contribution in [2.24, 2.45) is 5.41 Å². The Morgan fingerprint density at radius 2 is 2.32 bits per heavy atom. The highest BCUT2D eigenvalue weighted by atomic mass is 35.5. The van der Waals surface area contributed by atoms with Gasteiger partial charge >= 0.3 is 5.69 Å². The molecular weight excluding hydrogens is 272 g/mol. The Morgan fingerprint density at radius 1 is 1.58 bits per heavy atom. The molecule has 1 saturated carbocycles. The molecule has 0 aliphatic heterocycles. The van der Waals surface area contributed by atoms with Gasteiger partial charge in [0.2, 0.25) is 11.0 Å². The van der Waals surface area contributed by atoms with Crippen LogP contribution in [0.15, 0.2) is 6.33 Å². The average molecular weight is 287 g/mol. The number of nitrogens with one attached hydrogen (secondary N) is 1.